The monoisotopic (exact) mass is 327 g/mol. The summed E-state index contributed by atoms with van der Waals surface area (Å²) in [5, 5.41) is 11.3. The summed E-state index contributed by atoms with van der Waals surface area (Å²) in [4.78, 5) is 25.4. The van der Waals surface area contributed by atoms with Crippen LogP contribution in [0.2, 0.25) is 0 Å². The van der Waals surface area contributed by atoms with Gasteiger partial charge in [-0.25, -0.2) is 0 Å². The average molecular weight is 327 g/mol. The Morgan fingerprint density at radius 3 is 2.83 bits per heavy atom. The Balaban J connectivity index is 1.83. The number of nitrogens with one attached hydrogen (secondary N) is 1. The van der Waals surface area contributed by atoms with Crippen LogP contribution in [0.3, 0.4) is 0 Å². The first-order valence-corrected chi connectivity index (χ1v) is 7.89. The van der Waals surface area contributed by atoms with Gasteiger partial charge in [0.05, 0.1) is 13.2 Å². The van der Waals surface area contributed by atoms with Crippen molar-refractivity contribution in [3.8, 4) is 11.8 Å². The zero-order valence-electron chi connectivity index (χ0n) is 13.7. The van der Waals surface area contributed by atoms with E-state index in [4.69, 9.17) is 10.00 Å². The number of hydrogen-bond donors (Lipinski definition) is 1. The molecule has 0 saturated carbocycles. The molecule has 0 atom stereocenters. The molecule has 6 heteroatoms. The van der Waals surface area contributed by atoms with Crippen molar-refractivity contribution in [2.24, 2.45) is 0 Å². The summed E-state index contributed by atoms with van der Waals surface area (Å²) in [6.07, 6.45) is 4.61. The van der Waals surface area contributed by atoms with Crippen molar-refractivity contribution in [1.82, 2.24) is 10.2 Å². The molecule has 126 valence electrons. The van der Waals surface area contributed by atoms with E-state index in [0.29, 0.717) is 25.9 Å². The summed E-state index contributed by atoms with van der Waals surface area (Å²) in [7, 11) is 1.60. The van der Waals surface area contributed by atoms with E-state index in [1.807, 2.05) is 30.3 Å². The van der Waals surface area contributed by atoms with Gasteiger partial charge >= 0.3 is 0 Å². The third-order valence-corrected chi connectivity index (χ3v) is 3.92. The number of carbonyl (C=O) groups excluding carboxylic acids is 2. The standard InChI is InChI=1S/C18H21N3O3/c1-24-16-4-2-3-14(13-16)5-6-18(23)21-11-8-15(9-12-21)20-17(22)7-10-19/h2-6,13,15H,7-9,11-12H2,1H3,(H,20,22)/b6-5+. The second-order valence-electron chi connectivity index (χ2n) is 5.61. The normalized spacial score (nSPS) is 15.1. The Morgan fingerprint density at radius 2 is 2.17 bits per heavy atom. The average Bonchev–Trinajstić information content (AvgIpc) is 2.60. The van der Waals surface area contributed by atoms with E-state index in [9.17, 15) is 9.59 Å². The minimum atomic E-state index is -0.250. The van der Waals surface area contributed by atoms with Gasteiger partial charge in [-0.15, -0.1) is 0 Å². The van der Waals surface area contributed by atoms with Crippen LogP contribution in [0.15, 0.2) is 30.3 Å². The molecule has 0 spiro atoms. The molecule has 1 aliphatic heterocycles. The number of nitrogens with zero attached hydrogens (tertiary/aromatic N) is 2. The molecule has 1 saturated heterocycles. The van der Waals surface area contributed by atoms with Gasteiger partial charge in [0.25, 0.3) is 0 Å². The molecule has 0 aromatic heterocycles. The van der Waals surface area contributed by atoms with E-state index >= 15 is 0 Å². The first-order valence-electron chi connectivity index (χ1n) is 7.89. The van der Waals surface area contributed by atoms with Crippen molar-refractivity contribution in [2.45, 2.75) is 25.3 Å². The predicted molar refractivity (Wildman–Crippen MR) is 90.0 cm³/mol. The van der Waals surface area contributed by atoms with Crippen molar-refractivity contribution in [3.05, 3.63) is 35.9 Å². The van der Waals surface area contributed by atoms with E-state index in [1.54, 1.807) is 24.2 Å². The Hall–Kier alpha value is -2.81. The second-order valence-corrected chi connectivity index (χ2v) is 5.61. The summed E-state index contributed by atoms with van der Waals surface area (Å²) in [5.74, 6) is 0.457. The summed E-state index contributed by atoms with van der Waals surface area (Å²) < 4.78 is 5.15. The number of methoxy groups -OCH3 is 1. The minimum Gasteiger partial charge on any atom is -0.497 e. The molecule has 0 radical (unpaired) electrons. The highest BCUT2D eigenvalue weighted by Crippen LogP contribution is 2.15. The van der Waals surface area contributed by atoms with Crippen LogP contribution in [0.1, 0.15) is 24.8 Å². The van der Waals surface area contributed by atoms with Gasteiger partial charge in [0.2, 0.25) is 11.8 Å². The number of rotatable bonds is 5. The molecule has 1 aliphatic rings. The summed E-state index contributed by atoms with van der Waals surface area (Å²) >= 11 is 0. The highest BCUT2D eigenvalue weighted by atomic mass is 16.5. The van der Waals surface area contributed by atoms with Crippen molar-refractivity contribution in [2.75, 3.05) is 20.2 Å². The molecule has 2 amide bonds. The van der Waals surface area contributed by atoms with Crippen LogP contribution in [0.5, 0.6) is 5.75 Å². The SMILES string of the molecule is COc1cccc(/C=C/C(=O)N2CCC(NC(=O)CC#N)CC2)c1. The van der Waals surface area contributed by atoms with E-state index in [2.05, 4.69) is 5.32 Å². The first kappa shape index (κ1) is 17.5. The van der Waals surface area contributed by atoms with E-state index < -0.39 is 0 Å². The van der Waals surface area contributed by atoms with Gasteiger partial charge < -0.3 is 15.0 Å². The van der Waals surface area contributed by atoms with Crippen molar-refractivity contribution in [1.29, 1.82) is 5.26 Å². The Labute approximate surface area is 141 Å². The van der Waals surface area contributed by atoms with E-state index in [1.165, 1.54) is 0 Å². The Bertz CT molecular complexity index is 656. The Kier molecular flexibility index (Phi) is 6.38. The van der Waals surface area contributed by atoms with Crippen LogP contribution in [-0.2, 0) is 9.59 Å². The number of nitriles is 1. The van der Waals surface area contributed by atoms with Gasteiger partial charge in [0.1, 0.15) is 12.2 Å². The maximum absolute atomic E-state index is 12.2. The molecular weight excluding hydrogens is 306 g/mol. The largest absolute Gasteiger partial charge is 0.497 e. The number of amides is 2. The molecule has 0 bridgehead atoms. The lowest BCUT2D eigenvalue weighted by Gasteiger charge is -2.31. The van der Waals surface area contributed by atoms with Crippen LogP contribution >= 0.6 is 0 Å². The van der Waals surface area contributed by atoms with Crippen LogP contribution in [0.25, 0.3) is 6.08 Å². The van der Waals surface area contributed by atoms with Gasteiger partial charge in [0.15, 0.2) is 0 Å². The van der Waals surface area contributed by atoms with Crippen LogP contribution in [-0.4, -0.2) is 43.0 Å². The summed E-state index contributed by atoms with van der Waals surface area (Å²) in [6, 6.07) is 9.36. The maximum atomic E-state index is 12.2. The van der Waals surface area contributed by atoms with Gasteiger partial charge in [0, 0.05) is 25.2 Å². The fourth-order valence-electron chi connectivity index (χ4n) is 2.61. The van der Waals surface area contributed by atoms with Crippen molar-refractivity contribution in [3.63, 3.8) is 0 Å². The number of benzene rings is 1. The maximum Gasteiger partial charge on any atom is 0.246 e. The molecular formula is C18H21N3O3. The van der Waals surface area contributed by atoms with Gasteiger partial charge in [-0.1, -0.05) is 12.1 Å². The third-order valence-electron chi connectivity index (χ3n) is 3.92. The predicted octanol–water partition coefficient (Wildman–Crippen LogP) is 1.73. The molecule has 2 rings (SSSR count). The van der Waals surface area contributed by atoms with Gasteiger partial charge in [-0.3, -0.25) is 9.59 Å². The quantitative estimate of drug-likeness (QED) is 0.835. The molecule has 1 aromatic carbocycles. The smallest absolute Gasteiger partial charge is 0.246 e. The third kappa shape index (κ3) is 5.13. The molecule has 1 aromatic rings. The van der Waals surface area contributed by atoms with Gasteiger partial charge in [-0.2, -0.15) is 5.26 Å². The highest BCUT2D eigenvalue weighted by Gasteiger charge is 2.22. The molecule has 1 heterocycles. The molecule has 6 nitrogen and oxygen atoms in total. The van der Waals surface area contributed by atoms with Crippen LogP contribution in [0, 0.1) is 11.3 Å². The second kappa shape index (κ2) is 8.73. The lowest BCUT2D eigenvalue weighted by Crippen LogP contribution is -2.46. The molecule has 0 aliphatic carbocycles. The number of piperidine rings is 1. The van der Waals surface area contributed by atoms with E-state index in [-0.39, 0.29) is 24.3 Å². The summed E-state index contributed by atoms with van der Waals surface area (Å²) in [5.41, 5.74) is 0.904. The number of ether oxygens (including phenoxy) is 1. The van der Waals surface area contributed by atoms with Crippen molar-refractivity contribution < 1.29 is 14.3 Å². The van der Waals surface area contributed by atoms with Crippen molar-refractivity contribution >= 4 is 17.9 Å². The fraction of sp³-hybridized carbons (Fsp3) is 0.389. The minimum absolute atomic E-state index is 0.0391. The topological polar surface area (TPSA) is 82.4 Å². The molecule has 1 fully saturated rings. The lowest BCUT2D eigenvalue weighted by atomic mass is 10.0. The molecule has 1 N–H and O–H groups in total. The zero-order chi connectivity index (χ0) is 17.4. The number of carbonyl (C=O) groups is 2. The summed E-state index contributed by atoms with van der Waals surface area (Å²) in [6.45, 7) is 1.19. The Morgan fingerprint density at radius 1 is 1.42 bits per heavy atom. The first-order chi connectivity index (χ1) is 11.6. The van der Waals surface area contributed by atoms with Crippen LogP contribution < -0.4 is 10.1 Å². The molecule has 24 heavy (non-hydrogen) atoms. The van der Waals surface area contributed by atoms with Gasteiger partial charge in [-0.05, 0) is 36.6 Å². The zero-order valence-corrected chi connectivity index (χ0v) is 13.7. The number of likely N-dealkylation sites (tertiary alicyclic amines) is 1. The fourth-order valence-corrected chi connectivity index (χ4v) is 2.61. The van der Waals surface area contributed by atoms with E-state index in [0.717, 1.165) is 11.3 Å². The van der Waals surface area contributed by atoms with Crippen LogP contribution in [0.4, 0.5) is 0 Å². The number of hydrogen-bond acceptors (Lipinski definition) is 4. The molecule has 0 unspecified atom stereocenters. The lowest BCUT2D eigenvalue weighted by molar-refractivity contribution is -0.127. The highest BCUT2D eigenvalue weighted by molar-refractivity contribution is 5.91.